The van der Waals surface area contributed by atoms with E-state index in [9.17, 15) is 0 Å². The van der Waals surface area contributed by atoms with E-state index in [1.165, 1.54) is 25.7 Å². The molecule has 10 heteroatoms. The fraction of sp³-hybridized carbons (Fsp3) is 0.394. The molecule has 10 nitrogen and oxygen atoms in total. The van der Waals surface area contributed by atoms with E-state index in [1.807, 2.05) is 24.6 Å². The first-order valence-electron chi connectivity index (χ1n) is 28.4. The maximum absolute atomic E-state index is 6.31. The van der Waals surface area contributed by atoms with Crippen molar-refractivity contribution in [1.29, 1.82) is 0 Å². The molecule has 0 aliphatic carbocycles. The van der Waals surface area contributed by atoms with Crippen LogP contribution in [0.5, 0.6) is 23.0 Å². The van der Waals surface area contributed by atoms with E-state index in [4.69, 9.17) is 28.9 Å². The number of aryl methyl sites for hydroxylation is 4. The minimum absolute atomic E-state index is 0.572. The van der Waals surface area contributed by atoms with E-state index in [-0.39, 0.29) is 0 Å². The second kappa shape index (κ2) is 35.1. The molecule has 0 unspecified atom stereocenters. The largest absolute Gasteiger partial charge is 0.493 e. The Kier molecular flexibility index (Phi) is 26.1. The first kappa shape index (κ1) is 56.5. The summed E-state index contributed by atoms with van der Waals surface area (Å²) in [5.74, 6) is 3.30. The van der Waals surface area contributed by atoms with Gasteiger partial charge in [0.1, 0.15) is 49.2 Å². The molecule has 7 aromatic rings. The molecule has 0 amide bonds. The molecule has 398 valence electrons. The van der Waals surface area contributed by atoms with Crippen LogP contribution >= 0.6 is 0 Å². The number of ether oxygens (including phenoxy) is 4. The van der Waals surface area contributed by atoms with Crippen molar-refractivity contribution in [2.45, 2.75) is 142 Å². The number of nitrogens with zero attached hydrogens (tertiary/aromatic N) is 6. The zero-order chi connectivity index (χ0) is 52.2. The number of unbranched alkanes of at least 4 members (excludes halogenated alkanes) is 12. The van der Waals surface area contributed by atoms with Gasteiger partial charge in [-0.1, -0.05) is 48.5 Å². The van der Waals surface area contributed by atoms with E-state index >= 15 is 0 Å². The van der Waals surface area contributed by atoms with Gasteiger partial charge in [-0.2, -0.15) is 0 Å². The maximum Gasteiger partial charge on any atom is 0.168 e. The third kappa shape index (κ3) is 23.6. The van der Waals surface area contributed by atoms with Crippen molar-refractivity contribution >= 4 is 12.4 Å². The van der Waals surface area contributed by atoms with Crippen LogP contribution in [0.25, 0.3) is 0 Å². The normalized spacial score (nSPS) is 11.4. The number of benzene rings is 3. The standard InChI is InChI=1S/C66H84N6O4/c1(13-33-69-37-17-9-18-38-69)5-25-45-73-63-49-61(50-64(53-63)74-46-26-6-2-14-34-70-39-19-10-20-40-70)57-67-55-59-29-31-60(32-30-59)56-68-58-62-51-65(75-47-27-7-3-15-35-71-41-21-11-22-42-71)54-66(52-62)76-48-28-8-4-16-36-72-43-23-12-24-44-72/h9-12,17-24,29-32,37-44,49-54,57-58H,1-8,13-16,25-28,33-36,45-48,55-56H2/q+4. The van der Waals surface area contributed by atoms with Gasteiger partial charge < -0.3 is 18.9 Å². The van der Waals surface area contributed by atoms with Crippen molar-refractivity contribution < 1.29 is 37.2 Å². The Morgan fingerprint density at radius 3 is 0.803 bits per heavy atom. The molecule has 7 rings (SSSR count). The van der Waals surface area contributed by atoms with Gasteiger partial charge >= 0.3 is 0 Å². The van der Waals surface area contributed by atoms with E-state index in [0.717, 1.165) is 148 Å². The van der Waals surface area contributed by atoms with Crippen LogP contribution in [0.15, 0.2) is 193 Å². The lowest BCUT2D eigenvalue weighted by atomic mass is 10.1. The molecule has 0 radical (unpaired) electrons. The number of aliphatic imine (C=N–C) groups is 2. The van der Waals surface area contributed by atoms with Crippen LogP contribution in [0.3, 0.4) is 0 Å². The quantitative estimate of drug-likeness (QED) is 0.0220. The summed E-state index contributed by atoms with van der Waals surface area (Å²) in [6.45, 7) is 8.04. The second-order valence-corrected chi connectivity index (χ2v) is 19.7. The number of hydrogen-bond acceptors (Lipinski definition) is 6. The summed E-state index contributed by atoms with van der Waals surface area (Å²) in [5, 5.41) is 0. The molecule has 0 saturated carbocycles. The monoisotopic (exact) mass is 1020 g/mol. The highest BCUT2D eigenvalue weighted by atomic mass is 16.5. The fourth-order valence-electron chi connectivity index (χ4n) is 9.03. The summed E-state index contributed by atoms with van der Waals surface area (Å²) < 4.78 is 34.2. The van der Waals surface area contributed by atoms with Gasteiger partial charge in [0.15, 0.2) is 49.6 Å². The van der Waals surface area contributed by atoms with E-state index in [0.29, 0.717) is 39.5 Å². The Morgan fingerprint density at radius 2 is 0.539 bits per heavy atom. The van der Waals surface area contributed by atoms with Gasteiger partial charge in [-0.25, -0.2) is 18.3 Å². The first-order chi connectivity index (χ1) is 37.7. The number of aromatic nitrogens is 4. The van der Waals surface area contributed by atoms with Crippen molar-refractivity contribution in [3.63, 3.8) is 0 Å². The highest BCUT2D eigenvalue weighted by Gasteiger charge is 2.08. The summed E-state index contributed by atoms with van der Waals surface area (Å²) >= 11 is 0. The summed E-state index contributed by atoms with van der Waals surface area (Å²) in [6, 6.07) is 45.9. The summed E-state index contributed by atoms with van der Waals surface area (Å²) in [4.78, 5) is 9.72. The molecular weight excluding hydrogens is 941 g/mol. The van der Waals surface area contributed by atoms with Gasteiger partial charge in [0.2, 0.25) is 0 Å². The summed E-state index contributed by atoms with van der Waals surface area (Å²) in [6.07, 6.45) is 38.9. The molecule has 3 aromatic carbocycles. The van der Waals surface area contributed by atoms with Crippen molar-refractivity contribution in [1.82, 2.24) is 0 Å². The Labute approximate surface area is 454 Å². The number of hydrogen-bond donors (Lipinski definition) is 0. The lowest BCUT2D eigenvalue weighted by molar-refractivity contribution is -0.697. The van der Waals surface area contributed by atoms with Crippen molar-refractivity contribution in [3.05, 3.63) is 205 Å². The third-order valence-corrected chi connectivity index (χ3v) is 13.3. The predicted molar refractivity (Wildman–Crippen MR) is 304 cm³/mol. The molecule has 0 aliphatic rings. The zero-order valence-corrected chi connectivity index (χ0v) is 45.2. The SMILES string of the molecule is C(=NCc1ccc(CN=Cc2cc(OCCCCCC[n+]3ccccc3)cc(OCCCCCC[n+]3ccccc3)c2)cc1)c1cc(OCCCCCC[n+]2ccccc2)cc(OCCCCCC[n+]2ccccc2)c1. The first-order valence-corrected chi connectivity index (χ1v) is 28.4. The molecule has 0 spiro atoms. The zero-order valence-electron chi connectivity index (χ0n) is 45.2. The third-order valence-electron chi connectivity index (χ3n) is 13.3. The van der Waals surface area contributed by atoms with Crippen LogP contribution < -0.4 is 37.2 Å². The highest BCUT2D eigenvalue weighted by molar-refractivity contribution is 5.81. The molecule has 4 aromatic heterocycles. The molecule has 0 bridgehead atoms. The Bertz CT molecular complexity index is 2340. The Morgan fingerprint density at radius 1 is 0.289 bits per heavy atom. The topological polar surface area (TPSA) is 77.2 Å². The van der Waals surface area contributed by atoms with Crippen molar-refractivity contribution in [3.8, 4) is 23.0 Å². The molecule has 4 heterocycles. The van der Waals surface area contributed by atoms with Crippen molar-refractivity contribution in [2.75, 3.05) is 26.4 Å². The molecule has 76 heavy (non-hydrogen) atoms. The summed E-state index contributed by atoms with van der Waals surface area (Å²) in [7, 11) is 0. The Hall–Kier alpha value is -7.20. The van der Waals surface area contributed by atoms with Crippen LogP contribution in [-0.4, -0.2) is 38.9 Å². The minimum Gasteiger partial charge on any atom is -0.493 e. The van der Waals surface area contributed by atoms with E-state index in [1.54, 1.807) is 0 Å². The van der Waals surface area contributed by atoms with Gasteiger partial charge in [0.25, 0.3) is 0 Å². The lowest BCUT2D eigenvalue weighted by Crippen LogP contribution is -2.32. The van der Waals surface area contributed by atoms with Crippen LogP contribution in [0.2, 0.25) is 0 Å². The molecular formula is C66H84N6O4+4. The van der Waals surface area contributed by atoms with Gasteiger partial charge in [0, 0.05) is 98.8 Å². The lowest BCUT2D eigenvalue weighted by Gasteiger charge is -2.11. The molecule has 0 saturated heterocycles. The van der Waals surface area contributed by atoms with Gasteiger partial charge in [-0.3, -0.25) is 9.98 Å². The second-order valence-electron chi connectivity index (χ2n) is 19.7. The molecule has 0 fully saturated rings. The summed E-state index contributed by atoms with van der Waals surface area (Å²) in [5.41, 5.74) is 4.23. The van der Waals surface area contributed by atoms with Crippen LogP contribution in [0, 0.1) is 0 Å². The fourth-order valence-corrected chi connectivity index (χ4v) is 9.03. The number of pyridine rings is 4. The van der Waals surface area contributed by atoms with Gasteiger partial charge in [-0.05, 0) is 124 Å². The Balaban J connectivity index is 0.871. The van der Waals surface area contributed by atoms with Crippen LogP contribution in [0.4, 0.5) is 0 Å². The highest BCUT2D eigenvalue weighted by Crippen LogP contribution is 2.25. The smallest absolute Gasteiger partial charge is 0.168 e. The molecule has 0 atom stereocenters. The average Bonchev–Trinajstić information content (AvgIpc) is 3.45. The average molecular weight is 1030 g/mol. The molecule has 0 N–H and O–H groups in total. The predicted octanol–water partition coefficient (Wildman–Crippen LogP) is 12.6. The van der Waals surface area contributed by atoms with Gasteiger partial charge in [0.05, 0.1) is 39.5 Å². The molecule has 0 aliphatic heterocycles. The van der Waals surface area contributed by atoms with Gasteiger partial charge in [-0.15, -0.1) is 0 Å². The van der Waals surface area contributed by atoms with E-state index in [2.05, 4.69) is 189 Å². The van der Waals surface area contributed by atoms with Crippen LogP contribution in [-0.2, 0) is 39.3 Å². The van der Waals surface area contributed by atoms with Crippen LogP contribution in [0.1, 0.15) is 125 Å². The minimum atomic E-state index is 0.572. The van der Waals surface area contributed by atoms with E-state index < -0.39 is 0 Å². The maximum atomic E-state index is 6.31. The van der Waals surface area contributed by atoms with Crippen molar-refractivity contribution in [2.24, 2.45) is 9.98 Å². The number of rotatable bonds is 38.